The number of benzene rings is 3. The van der Waals surface area contributed by atoms with Crippen molar-refractivity contribution in [2.24, 2.45) is 5.73 Å². The average Bonchev–Trinajstić information content (AvgIpc) is 2.85. The number of ether oxygens (including phenoxy) is 1. The number of nitrogens with two attached hydrogens (primary N) is 1. The number of amides is 2. The summed E-state index contributed by atoms with van der Waals surface area (Å²) < 4.78 is 32.8. The zero-order valence-electron chi connectivity index (χ0n) is 22.2. The fraction of sp³-hybridized carbons (Fsp3) is 0.321. The van der Waals surface area contributed by atoms with E-state index < -0.39 is 39.6 Å². The van der Waals surface area contributed by atoms with Crippen molar-refractivity contribution in [2.45, 2.75) is 39.5 Å². The van der Waals surface area contributed by atoms with Crippen molar-refractivity contribution in [3.8, 4) is 5.75 Å². The largest absolute Gasteiger partial charge is 0.492 e. The highest BCUT2D eigenvalue weighted by molar-refractivity contribution is 7.92. The number of nitrogens with zero attached hydrogens (tertiary/aromatic N) is 1. The van der Waals surface area contributed by atoms with E-state index in [9.17, 15) is 22.8 Å². The molecule has 0 aliphatic rings. The Bertz CT molecular complexity index is 1490. The summed E-state index contributed by atoms with van der Waals surface area (Å²) in [4.78, 5) is 38.3. The number of anilines is 2. The Hall–Kier alpha value is -3.92. The number of ketones is 1. The molecule has 3 N–H and O–H groups in total. The number of fused-ring (bicyclic) bond motifs is 1. The number of carbonyl (C=O) groups excluding carboxylic acids is 3. The number of Topliss-reactive ketones (excluding diaryl/α,β-unsaturated/α-hetero) is 1. The molecule has 2 amide bonds. The van der Waals surface area contributed by atoms with E-state index in [4.69, 9.17) is 10.5 Å². The molecule has 0 unspecified atom stereocenters. The summed E-state index contributed by atoms with van der Waals surface area (Å²) in [5, 5.41) is 4.06. The first-order valence-corrected chi connectivity index (χ1v) is 13.8. The molecule has 0 fully saturated rings. The molecule has 0 aliphatic carbocycles. The maximum Gasteiger partial charge on any atom is 0.296 e. The Morgan fingerprint density at radius 3 is 2.29 bits per heavy atom. The molecule has 0 spiro atoms. The van der Waals surface area contributed by atoms with Crippen LogP contribution in [0.4, 0.5) is 11.4 Å². The first-order valence-electron chi connectivity index (χ1n) is 12.1. The number of nitrogens with one attached hydrogen (secondary N) is 1. The zero-order chi connectivity index (χ0) is 28.3. The lowest BCUT2D eigenvalue weighted by Crippen LogP contribution is -2.40. The van der Waals surface area contributed by atoms with Crippen LogP contribution in [0, 0.1) is 0 Å². The molecule has 0 heterocycles. The van der Waals surface area contributed by atoms with Gasteiger partial charge in [0.25, 0.3) is 11.7 Å². The smallest absolute Gasteiger partial charge is 0.296 e. The lowest BCUT2D eigenvalue weighted by atomic mass is 9.86. The van der Waals surface area contributed by atoms with Crippen LogP contribution in [-0.2, 0) is 25.0 Å². The van der Waals surface area contributed by atoms with Crippen LogP contribution < -0.4 is 20.1 Å². The first kappa shape index (κ1) is 28.6. The van der Waals surface area contributed by atoms with Crippen molar-refractivity contribution in [1.29, 1.82) is 0 Å². The minimum absolute atomic E-state index is 0.0157. The second-order valence-electron chi connectivity index (χ2n) is 9.93. The van der Waals surface area contributed by atoms with Crippen LogP contribution in [0.2, 0.25) is 0 Å². The topological polar surface area (TPSA) is 136 Å². The molecule has 0 bridgehead atoms. The number of methoxy groups -OCH3 is 1. The van der Waals surface area contributed by atoms with Gasteiger partial charge in [0.05, 0.1) is 24.2 Å². The van der Waals surface area contributed by atoms with Gasteiger partial charge in [-0.2, -0.15) is 0 Å². The molecule has 0 radical (unpaired) electrons. The minimum atomic E-state index is -3.97. The van der Waals surface area contributed by atoms with Gasteiger partial charge in [0, 0.05) is 5.56 Å². The summed E-state index contributed by atoms with van der Waals surface area (Å²) in [5.74, 6) is -2.79. The lowest BCUT2D eigenvalue weighted by molar-refractivity contribution is -0.116. The third kappa shape index (κ3) is 6.13. The second-order valence-corrected chi connectivity index (χ2v) is 11.9. The van der Waals surface area contributed by atoms with Crippen LogP contribution in [0.1, 0.15) is 50.0 Å². The highest BCUT2D eigenvalue weighted by Gasteiger charge is 2.31. The lowest BCUT2D eigenvalue weighted by Gasteiger charge is -2.29. The molecule has 0 saturated heterocycles. The summed E-state index contributed by atoms with van der Waals surface area (Å²) >= 11 is 0. The van der Waals surface area contributed by atoms with Gasteiger partial charge in [0.15, 0.2) is 5.75 Å². The van der Waals surface area contributed by atoms with Crippen LogP contribution in [0.25, 0.3) is 10.8 Å². The normalized spacial score (nSPS) is 11.7. The van der Waals surface area contributed by atoms with Gasteiger partial charge in [-0.05, 0) is 40.3 Å². The Morgan fingerprint density at radius 1 is 1.03 bits per heavy atom. The summed E-state index contributed by atoms with van der Waals surface area (Å²) in [6.07, 6.45) is 0.308. The van der Waals surface area contributed by atoms with Gasteiger partial charge in [-0.1, -0.05) is 70.2 Å². The van der Waals surface area contributed by atoms with Gasteiger partial charge in [-0.15, -0.1) is 0 Å². The number of rotatable bonds is 10. The Morgan fingerprint density at radius 2 is 1.68 bits per heavy atom. The van der Waals surface area contributed by atoms with Crippen LogP contribution in [-0.4, -0.2) is 45.4 Å². The molecule has 3 aromatic rings. The van der Waals surface area contributed by atoms with Gasteiger partial charge >= 0.3 is 0 Å². The second kappa shape index (κ2) is 11.2. The molecule has 9 nitrogen and oxygen atoms in total. The van der Waals surface area contributed by atoms with Gasteiger partial charge in [0.1, 0.15) is 6.54 Å². The Labute approximate surface area is 223 Å². The molecule has 0 saturated carbocycles. The fourth-order valence-corrected chi connectivity index (χ4v) is 5.60. The summed E-state index contributed by atoms with van der Waals surface area (Å²) in [6, 6.07) is 15.6. The maximum absolute atomic E-state index is 13.2. The highest BCUT2D eigenvalue weighted by atomic mass is 32.2. The molecule has 0 aromatic heterocycles. The molecule has 3 rings (SSSR count). The predicted molar refractivity (Wildman–Crippen MR) is 149 cm³/mol. The van der Waals surface area contributed by atoms with E-state index in [1.165, 1.54) is 7.11 Å². The molecule has 0 aliphatic heterocycles. The van der Waals surface area contributed by atoms with Crippen molar-refractivity contribution in [3.05, 3.63) is 65.7 Å². The standard InChI is InChI=1S/C28H33N3O6S/c1-6-14-38(35,36)31(17-24(29)32)23-16-19(28(2,3)4)15-22(26(23)37-5)30-27(34)25(33)21-13-9-11-18-10-7-8-12-20(18)21/h7-13,15-16H,6,14,17H2,1-5H3,(H2,29,32)(H,30,34). The molecule has 3 aromatic carbocycles. The molecule has 202 valence electrons. The van der Waals surface area contributed by atoms with Gasteiger partial charge in [0.2, 0.25) is 15.9 Å². The molecule has 38 heavy (non-hydrogen) atoms. The summed E-state index contributed by atoms with van der Waals surface area (Å²) in [6.45, 7) is 6.81. The number of hydrogen-bond donors (Lipinski definition) is 2. The summed E-state index contributed by atoms with van der Waals surface area (Å²) in [5.41, 5.74) is 5.92. The van der Waals surface area contributed by atoms with Crippen molar-refractivity contribution in [2.75, 3.05) is 29.0 Å². The van der Waals surface area contributed by atoms with Crippen molar-refractivity contribution in [1.82, 2.24) is 0 Å². The summed E-state index contributed by atoms with van der Waals surface area (Å²) in [7, 11) is -2.66. The monoisotopic (exact) mass is 539 g/mol. The Balaban J connectivity index is 2.16. The van der Waals surface area contributed by atoms with Crippen molar-refractivity contribution in [3.63, 3.8) is 0 Å². The van der Waals surface area contributed by atoms with Crippen molar-refractivity contribution < 1.29 is 27.5 Å². The van der Waals surface area contributed by atoms with Crippen molar-refractivity contribution >= 4 is 49.8 Å². The SMILES string of the molecule is CCCS(=O)(=O)N(CC(N)=O)c1cc(C(C)(C)C)cc(NC(=O)C(=O)c2cccc3ccccc23)c1OC. The van der Waals surface area contributed by atoms with E-state index in [0.717, 1.165) is 9.69 Å². The number of primary amides is 1. The average molecular weight is 540 g/mol. The quantitative estimate of drug-likeness (QED) is 0.295. The molecule has 10 heteroatoms. The third-order valence-corrected chi connectivity index (χ3v) is 7.92. The molecular weight excluding hydrogens is 506 g/mol. The van der Waals surface area contributed by atoms with Crippen LogP contribution in [0.5, 0.6) is 5.75 Å². The first-order chi connectivity index (χ1) is 17.8. The fourth-order valence-electron chi connectivity index (χ4n) is 4.11. The number of carbonyl (C=O) groups is 3. The van der Waals surface area contributed by atoms with Gasteiger partial charge < -0.3 is 15.8 Å². The van der Waals surface area contributed by atoms with E-state index in [0.29, 0.717) is 17.4 Å². The third-order valence-electron chi connectivity index (χ3n) is 5.99. The van der Waals surface area contributed by atoms with E-state index in [1.807, 2.05) is 39.0 Å². The van der Waals surface area contributed by atoms with Gasteiger partial charge in [-0.25, -0.2) is 8.42 Å². The number of hydrogen-bond acceptors (Lipinski definition) is 6. The molecular formula is C28H33N3O6S. The van der Waals surface area contributed by atoms with E-state index in [-0.39, 0.29) is 28.4 Å². The highest BCUT2D eigenvalue weighted by Crippen LogP contribution is 2.42. The van der Waals surface area contributed by atoms with E-state index in [2.05, 4.69) is 5.32 Å². The molecule has 0 atom stereocenters. The predicted octanol–water partition coefficient (Wildman–Crippen LogP) is 4.00. The van der Waals surface area contributed by atoms with E-state index >= 15 is 0 Å². The Kier molecular flexibility index (Phi) is 8.46. The number of sulfonamides is 1. The van der Waals surface area contributed by atoms with E-state index in [1.54, 1.807) is 43.3 Å². The van der Waals surface area contributed by atoms with Crippen LogP contribution >= 0.6 is 0 Å². The van der Waals surface area contributed by atoms with Crippen LogP contribution in [0.15, 0.2) is 54.6 Å². The minimum Gasteiger partial charge on any atom is -0.492 e. The van der Waals surface area contributed by atoms with Gasteiger partial charge in [-0.3, -0.25) is 18.7 Å². The zero-order valence-corrected chi connectivity index (χ0v) is 23.0. The maximum atomic E-state index is 13.2. The van der Waals surface area contributed by atoms with Crippen LogP contribution in [0.3, 0.4) is 0 Å².